The molecule has 1 amide bonds. The molecule has 1 fully saturated rings. The molecule has 188 valence electrons. The van der Waals surface area contributed by atoms with Crippen LogP contribution in [0.4, 0.5) is 18.9 Å². The van der Waals surface area contributed by atoms with Crippen LogP contribution in [0.15, 0.2) is 54.7 Å². The molecule has 36 heavy (non-hydrogen) atoms. The van der Waals surface area contributed by atoms with E-state index < -0.39 is 17.8 Å². The molecule has 1 aliphatic rings. The molecule has 0 atom stereocenters. The minimum atomic E-state index is -4.54. The van der Waals surface area contributed by atoms with Gasteiger partial charge in [0.25, 0.3) is 0 Å². The molecule has 0 aliphatic carbocycles. The van der Waals surface area contributed by atoms with Gasteiger partial charge in [0, 0.05) is 36.7 Å². The van der Waals surface area contributed by atoms with Crippen LogP contribution in [-0.2, 0) is 15.7 Å². The predicted molar refractivity (Wildman–Crippen MR) is 128 cm³/mol. The molecule has 0 spiro atoms. The zero-order chi connectivity index (χ0) is 25.4. The largest absolute Gasteiger partial charge is 0.491 e. The van der Waals surface area contributed by atoms with Gasteiger partial charge in [0.2, 0.25) is 0 Å². The van der Waals surface area contributed by atoms with Gasteiger partial charge in [0.05, 0.1) is 31.7 Å². The van der Waals surface area contributed by atoms with Gasteiger partial charge in [-0.1, -0.05) is 24.1 Å². The van der Waals surface area contributed by atoms with E-state index >= 15 is 0 Å². The first-order valence-corrected chi connectivity index (χ1v) is 11.5. The van der Waals surface area contributed by atoms with Gasteiger partial charge in [-0.15, -0.1) is 0 Å². The quantitative estimate of drug-likeness (QED) is 0.377. The highest BCUT2D eigenvalue weighted by molar-refractivity contribution is 6.05. The number of benzene rings is 2. The Morgan fingerprint density at radius 1 is 1.17 bits per heavy atom. The minimum Gasteiger partial charge on any atom is -0.491 e. The molecule has 0 bridgehead atoms. The van der Waals surface area contributed by atoms with Crippen LogP contribution in [0.3, 0.4) is 0 Å². The van der Waals surface area contributed by atoms with Crippen LogP contribution in [0.2, 0.25) is 0 Å². The summed E-state index contributed by atoms with van der Waals surface area (Å²) in [5.41, 5.74) is 0.366. The van der Waals surface area contributed by atoms with Crippen LogP contribution in [-0.4, -0.2) is 60.2 Å². The van der Waals surface area contributed by atoms with Gasteiger partial charge < -0.3 is 19.8 Å². The zero-order valence-electron chi connectivity index (χ0n) is 19.4. The van der Waals surface area contributed by atoms with Gasteiger partial charge >= 0.3 is 12.1 Å². The Morgan fingerprint density at radius 2 is 1.94 bits per heavy atom. The smallest absolute Gasteiger partial charge is 0.432 e. The van der Waals surface area contributed by atoms with E-state index in [0.29, 0.717) is 36.7 Å². The number of carbonyl (C=O) groups is 1. The van der Waals surface area contributed by atoms with Crippen molar-refractivity contribution in [2.45, 2.75) is 12.6 Å². The van der Waals surface area contributed by atoms with Crippen molar-refractivity contribution in [3.8, 4) is 29.0 Å². The molecule has 7 nitrogen and oxygen atoms in total. The molecule has 0 radical (unpaired) electrons. The number of imidazole rings is 1. The zero-order valence-corrected chi connectivity index (χ0v) is 19.4. The first-order valence-electron chi connectivity index (χ1n) is 11.5. The maximum absolute atomic E-state index is 13.0. The van der Waals surface area contributed by atoms with E-state index in [4.69, 9.17) is 9.47 Å². The fourth-order valence-electron chi connectivity index (χ4n) is 3.61. The number of rotatable bonds is 7. The number of anilines is 1. The lowest BCUT2D eigenvalue weighted by molar-refractivity contribution is -0.140. The van der Waals surface area contributed by atoms with Crippen LogP contribution in [0.5, 0.6) is 5.75 Å². The molecular weight excluding hydrogens is 473 g/mol. The van der Waals surface area contributed by atoms with Crippen LogP contribution in [0.25, 0.3) is 11.4 Å². The van der Waals surface area contributed by atoms with Crippen molar-refractivity contribution >= 4 is 11.6 Å². The van der Waals surface area contributed by atoms with E-state index in [9.17, 15) is 18.0 Å². The number of H-pyrrole nitrogens is 1. The number of nitrogens with one attached hydrogen (secondary N) is 2. The van der Waals surface area contributed by atoms with Crippen molar-refractivity contribution in [1.29, 1.82) is 0 Å². The Labute approximate surface area is 206 Å². The highest BCUT2D eigenvalue weighted by atomic mass is 19.4. The maximum Gasteiger partial charge on any atom is 0.432 e. The fraction of sp³-hybridized carbons (Fsp3) is 0.308. The number of hydrogen-bond donors (Lipinski definition) is 2. The highest BCUT2D eigenvalue weighted by Crippen LogP contribution is 2.33. The summed E-state index contributed by atoms with van der Waals surface area (Å²) in [4.78, 5) is 20.9. The lowest BCUT2D eigenvalue weighted by Gasteiger charge is -2.26. The Kier molecular flexibility index (Phi) is 8.25. The number of hydrogen-bond acceptors (Lipinski definition) is 5. The summed E-state index contributed by atoms with van der Waals surface area (Å²) in [6.07, 6.45) is -3.05. The van der Waals surface area contributed by atoms with E-state index in [2.05, 4.69) is 32.0 Å². The lowest BCUT2D eigenvalue weighted by atomic mass is 10.1. The van der Waals surface area contributed by atoms with Crippen molar-refractivity contribution in [1.82, 2.24) is 14.9 Å². The number of nitrogens with zero attached hydrogens (tertiary/aromatic N) is 2. The summed E-state index contributed by atoms with van der Waals surface area (Å²) in [5, 5.41) is 2.69. The summed E-state index contributed by atoms with van der Waals surface area (Å²) in [7, 11) is 0. The van der Waals surface area contributed by atoms with E-state index in [1.165, 1.54) is 6.07 Å². The molecule has 0 saturated carbocycles. The van der Waals surface area contributed by atoms with Crippen molar-refractivity contribution in [3.05, 3.63) is 66.0 Å². The second-order valence-corrected chi connectivity index (χ2v) is 8.08. The van der Waals surface area contributed by atoms with Crippen molar-refractivity contribution in [2.24, 2.45) is 0 Å². The molecule has 1 aromatic heterocycles. The number of alkyl halides is 3. The first-order chi connectivity index (χ1) is 17.4. The Morgan fingerprint density at radius 3 is 2.67 bits per heavy atom. The van der Waals surface area contributed by atoms with E-state index in [1.54, 1.807) is 24.3 Å². The SMILES string of the molecule is O=C(C#Cc1ccccc1)Nc1cc(-c2ncc(C(F)(F)F)[nH]2)ccc1OCCCN1CCOCC1. The summed E-state index contributed by atoms with van der Waals surface area (Å²) in [6, 6.07) is 13.7. The average molecular weight is 499 g/mol. The number of amides is 1. The van der Waals surface area contributed by atoms with Gasteiger partial charge in [0.1, 0.15) is 17.3 Å². The molecule has 10 heteroatoms. The second kappa shape index (κ2) is 11.7. The number of carbonyl (C=O) groups excluding carboxylic acids is 1. The van der Waals surface area contributed by atoms with Gasteiger partial charge in [-0.2, -0.15) is 13.2 Å². The molecular formula is C26H25F3N4O3. The van der Waals surface area contributed by atoms with Crippen molar-refractivity contribution in [3.63, 3.8) is 0 Å². The van der Waals surface area contributed by atoms with Gasteiger partial charge in [-0.3, -0.25) is 9.69 Å². The van der Waals surface area contributed by atoms with Crippen LogP contribution >= 0.6 is 0 Å². The predicted octanol–water partition coefficient (Wildman–Crippen LogP) is 4.19. The fourth-order valence-corrected chi connectivity index (χ4v) is 3.61. The summed E-state index contributed by atoms with van der Waals surface area (Å²) in [6.45, 7) is 4.42. The summed E-state index contributed by atoms with van der Waals surface area (Å²) < 4.78 is 50.2. The number of morpholine rings is 1. The van der Waals surface area contributed by atoms with E-state index in [1.807, 2.05) is 18.2 Å². The van der Waals surface area contributed by atoms with Crippen LogP contribution in [0.1, 0.15) is 17.7 Å². The number of aromatic nitrogens is 2. The van der Waals surface area contributed by atoms with Crippen LogP contribution < -0.4 is 10.1 Å². The summed E-state index contributed by atoms with van der Waals surface area (Å²) in [5.74, 6) is 5.13. The molecule has 3 aromatic rings. The number of ether oxygens (including phenoxy) is 2. The van der Waals surface area contributed by atoms with E-state index in [-0.39, 0.29) is 11.5 Å². The standard InChI is InChI=1S/C26H25F3N4O3/c27-26(28,29)23-18-30-25(32-23)20-8-9-22(36-14-4-11-33-12-15-35-16-13-33)21(17-20)31-24(34)10-7-19-5-2-1-3-6-19/h1-3,5-6,8-9,17-18H,4,11-16H2,(H,30,32)(H,31,34). The minimum absolute atomic E-state index is 0.0204. The Hall–Kier alpha value is -3.81. The first kappa shape index (κ1) is 25.3. The number of aromatic amines is 1. The van der Waals surface area contributed by atoms with Crippen molar-refractivity contribution in [2.75, 3.05) is 44.8 Å². The third-order valence-electron chi connectivity index (χ3n) is 5.46. The third kappa shape index (κ3) is 7.10. The molecule has 2 aromatic carbocycles. The summed E-state index contributed by atoms with van der Waals surface area (Å²) >= 11 is 0. The van der Waals surface area contributed by atoms with E-state index in [0.717, 1.165) is 32.3 Å². The maximum atomic E-state index is 13.0. The molecule has 4 rings (SSSR count). The van der Waals surface area contributed by atoms with Gasteiger partial charge in [-0.25, -0.2) is 4.98 Å². The molecule has 2 N–H and O–H groups in total. The Balaban J connectivity index is 1.49. The Bertz CT molecular complexity index is 1230. The molecule has 0 unspecified atom stereocenters. The van der Waals surface area contributed by atoms with Gasteiger partial charge in [-0.05, 0) is 36.8 Å². The highest BCUT2D eigenvalue weighted by Gasteiger charge is 2.33. The van der Waals surface area contributed by atoms with Crippen LogP contribution in [0, 0.1) is 11.8 Å². The number of halogens is 3. The molecule has 2 heterocycles. The normalized spacial score (nSPS) is 14.1. The molecule has 1 aliphatic heterocycles. The molecule has 1 saturated heterocycles. The van der Waals surface area contributed by atoms with Crippen molar-refractivity contribution < 1.29 is 27.4 Å². The average Bonchev–Trinajstić information content (AvgIpc) is 3.39. The second-order valence-electron chi connectivity index (χ2n) is 8.08. The monoisotopic (exact) mass is 498 g/mol. The topological polar surface area (TPSA) is 79.5 Å². The lowest BCUT2D eigenvalue weighted by Crippen LogP contribution is -2.37. The third-order valence-corrected chi connectivity index (χ3v) is 5.46. The van der Waals surface area contributed by atoms with Gasteiger partial charge in [0.15, 0.2) is 0 Å².